The van der Waals surface area contributed by atoms with E-state index < -0.39 is 6.04 Å². The predicted octanol–water partition coefficient (Wildman–Crippen LogP) is 6.08. The number of carbonyl (C=O) groups is 3. The number of nitrogens with zero attached hydrogens (tertiary/aromatic N) is 2. The number of carbonyl (C=O) groups excluding carboxylic acids is 3. The standard InChI is InChI=1S/C27H37ClN2O4S/c1-19(31)35-17-16-26(32)29-24-15-13-21(28)18-20(24)12-14-25(29)27(33)34-30(22-8-4-2-5-9-22)23-10-6-3-7-11-23/h13,15,18,22-23,25H,2-12,14,16-17H2,1H3. The van der Waals surface area contributed by atoms with Gasteiger partial charge in [-0.1, -0.05) is 61.9 Å². The second-order valence-corrected chi connectivity index (χ2v) is 11.7. The van der Waals surface area contributed by atoms with E-state index in [9.17, 15) is 14.4 Å². The van der Waals surface area contributed by atoms with Crippen LogP contribution in [0.5, 0.6) is 0 Å². The lowest BCUT2D eigenvalue weighted by Gasteiger charge is -2.42. The first kappa shape index (κ1) is 26.5. The first-order valence-electron chi connectivity index (χ1n) is 13.2. The molecule has 4 rings (SSSR count). The summed E-state index contributed by atoms with van der Waals surface area (Å²) in [5.41, 5.74) is 1.69. The van der Waals surface area contributed by atoms with E-state index in [-0.39, 0.29) is 35.5 Å². The first-order valence-corrected chi connectivity index (χ1v) is 14.5. The van der Waals surface area contributed by atoms with Crippen LogP contribution in [0.3, 0.4) is 0 Å². The van der Waals surface area contributed by atoms with Crippen LogP contribution < -0.4 is 4.90 Å². The molecule has 8 heteroatoms. The molecular formula is C27H37ClN2O4S. The number of hydroxylamine groups is 2. The summed E-state index contributed by atoms with van der Waals surface area (Å²) in [5.74, 6) is -0.105. The largest absolute Gasteiger partial charge is 0.365 e. The average molecular weight is 521 g/mol. The highest BCUT2D eigenvalue weighted by atomic mass is 35.5. The number of hydrogen-bond donors (Lipinski definition) is 0. The van der Waals surface area contributed by atoms with Crippen LogP contribution in [0.1, 0.15) is 89.5 Å². The molecule has 35 heavy (non-hydrogen) atoms. The molecule has 0 N–H and O–H groups in total. The quantitative estimate of drug-likeness (QED) is 0.406. The first-order chi connectivity index (χ1) is 16.9. The van der Waals surface area contributed by atoms with Crippen molar-refractivity contribution >= 4 is 46.0 Å². The van der Waals surface area contributed by atoms with Crippen LogP contribution in [0.25, 0.3) is 0 Å². The van der Waals surface area contributed by atoms with E-state index in [0.717, 1.165) is 48.7 Å². The van der Waals surface area contributed by atoms with Crippen molar-refractivity contribution in [2.45, 2.75) is 109 Å². The van der Waals surface area contributed by atoms with Crippen molar-refractivity contribution in [1.82, 2.24) is 5.06 Å². The zero-order valence-corrected chi connectivity index (χ0v) is 22.2. The average Bonchev–Trinajstić information content (AvgIpc) is 2.87. The Hall–Kier alpha value is -1.57. The number of amides is 1. The number of fused-ring (bicyclic) bond motifs is 1. The Kier molecular flexibility index (Phi) is 9.53. The Bertz CT molecular complexity index is 896. The fourth-order valence-corrected chi connectivity index (χ4v) is 6.55. The summed E-state index contributed by atoms with van der Waals surface area (Å²) in [4.78, 5) is 46.3. The van der Waals surface area contributed by atoms with Gasteiger partial charge in [0, 0.05) is 41.9 Å². The Labute approximate surface area is 218 Å². The zero-order chi connectivity index (χ0) is 24.8. The van der Waals surface area contributed by atoms with E-state index in [0.29, 0.717) is 23.6 Å². The van der Waals surface area contributed by atoms with Crippen LogP contribution in [0.15, 0.2) is 18.2 Å². The molecule has 0 aromatic heterocycles. The van der Waals surface area contributed by atoms with Gasteiger partial charge in [-0.15, -0.1) is 5.06 Å². The number of anilines is 1. The Morgan fingerprint density at radius 3 is 2.23 bits per heavy atom. The second-order valence-electron chi connectivity index (χ2n) is 10.0. The Balaban J connectivity index is 1.55. The van der Waals surface area contributed by atoms with E-state index >= 15 is 0 Å². The van der Waals surface area contributed by atoms with Gasteiger partial charge < -0.3 is 4.84 Å². The van der Waals surface area contributed by atoms with Crippen LogP contribution in [0.2, 0.25) is 5.02 Å². The molecule has 1 aromatic carbocycles. The maximum atomic E-state index is 13.7. The molecule has 0 radical (unpaired) electrons. The molecule has 192 valence electrons. The van der Waals surface area contributed by atoms with E-state index in [4.69, 9.17) is 16.4 Å². The third kappa shape index (κ3) is 6.80. The summed E-state index contributed by atoms with van der Waals surface area (Å²) in [6, 6.07) is 5.32. The van der Waals surface area contributed by atoms with E-state index in [1.54, 1.807) is 11.0 Å². The molecule has 1 aromatic rings. The number of rotatable bonds is 7. The Morgan fingerprint density at radius 1 is 1.00 bits per heavy atom. The van der Waals surface area contributed by atoms with Crippen LogP contribution in [-0.2, 0) is 25.6 Å². The zero-order valence-electron chi connectivity index (χ0n) is 20.7. The highest BCUT2D eigenvalue weighted by molar-refractivity contribution is 8.13. The highest BCUT2D eigenvalue weighted by Gasteiger charge is 2.40. The molecule has 6 nitrogen and oxygen atoms in total. The molecule has 1 aliphatic heterocycles. The second kappa shape index (κ2) is 12.6. The topological polar surface area (TPSA) is 66.9 Å². The highest BCUT2D eigenvalue weighted by Crippen LogP contribution is 2.36. The van der Waals surface area contributed by atoms with Gasteiger partial charge in [0.2, 0.25) is 5.91 Å². The van der Waals surface area contributed by atoms with Crippen molar-refractivity contribution in [1.29, 1.82) is 0 Å². The van der Waals surface area contributed by atoms with Gasteiger partial charge >= 0.3 is 5.97 Å². The molecule has 3 aliphatic rings. The lowest BCUT2D eigenvalue weighted by atomic mass is 9.90. The SMILES string of the molecule is CC(=O)SCCC(=O)N1c2ccc(Cl)cc2CCC1C(=O)ON(C1CCCCC1)C1CCCCC1. The summed E-state index contributed by atoms with van der Waals surface area (Å²) >= 11 is 7.35. The molecule has 1 amide bonds. The minimum Gasteiger partial charge on any atom is -0.365 e. The predicted molar refractivity (Wildman–Crippen MR) is 140 cm³/mol. The summed E-state index contributed by atoms with van der Waals surface area (Å²) in [6.45, 7) is 1.50. The van der Waals surface area contributed by atoms with Gasteiger partial charge in [0.05, 0.1) is 0 Å². The van der Waals surface area contributed by atoms with Crippen molar-refractivity contribution in [2.24, 2.45) is 0 Å². The molecule has 2 fully saturated rings. The molecular weight excluding hydrogens is 484 g/mol. The smallest absolute Gasteiger partial charge is 0.348 e. The normalized spacial score (nSPS) is 21.6. The summed E-state index contributed by atoms with van der Waals surface area (Å²) in [5, 5.41) is 2.63. The summed E-state index contributed by atoms with van der Waals surface area (Å²) in [7, 11) is 0. The summed E-state index contributed by atoms with van der Waals surface area (Å²) < 4.78 is 0. The van der Waals surface area contributed by atoms with Gasteiger partial charge in [-0.2, -0.15) is 0 Å². The fourth-order valence-electron chi connectivity index (χ4n) is 5.80. The third-order valence-corrected chi connectivity index (χ3v) is 8.58. The monoisotopic (exact) mass is 520 g/mol. The molecule has 2 aliphatic carbocycles. The molecule has 1 unspecified atom stereocenters. The summed E-state index contributed by atoms with van der Waals surface area (Å²) in [6.07, 6.45) is 12.7. The van der Waals surface area contributed by atoms with Crippen LogP contribution in [0, 0.1) is 0 Å². The fraction of sp³-hybridized carbons (Fsp3) is 0.667. The van der Waals surface area contributed by atoms with E-state index in [1.165, 1.54) is 45.4 Å². The van der Waals surface area contributed by atoms with Crippen LogP contribution in [-0.4, -0.2) is 45.9 Å². The van der Waals surface area contributed by atoms with Crippen LogP contribution in [0.4, 0.5) is 5.69 Å². The van der Waals surface area contributed by atoms with Crippen LogP contribution >= 0.6 is 23.4 Å². The van der Waals surface area contributed by atoms with Crippen molar-refractivity contribution in [3.8, 4) is 0 Å². The van der Waals surface area contributed by atoms with Crippen molar-refractivity contribution in [3.63, 3.8) is 0 Å². The van der Waals surface area contributed by atoms with E-state index in [1.807, 2.05) is 17.2 Å². The van der Waals surface area contributed by atoms with Gasteiger partial charge in [-0.3, -0.25) is 14.5 Å². The molecule has 0 spiro atoms. The maximum Gasteiger partial charge on any atom is 0.348 e. The number of thioether (sulfide) groups is 1. The minimum absolute atomic E-state index is 0.0183. The maximum absolute atomic E-state index is 13.7. The lowest BCUT2D eigenvalue weighted by Crippen LogP contribution is -2.53. The van der Waals surface area contributed by atoms with Crippen molar-refractivity contribution in [3.05, 3.63) is 28.8 Å². The third-order valence-electron chi connectivity index (χ3n) is 7.53. The molecule has 2 saturated carbocycles. The van der Waals surface area contributed by atoms with E-state index in [2.05, 4.69) is 0 Å². The molecule has 1 heterocycles. The number of benzene rings is 1. The lowest BCUT2D eigenvalue weighted by molar-refractivity contribution is -0.224. The van der Waals surface area contributed by atoms with Gasteiger partial charge in [0.15, 0.2) is 5.12 Å². The number of hydrogen-bond acceptors (Lipinski definition) is 6. The minimum atomic E-state index is -0.673. The molecule has 0 saturated heterocycles. The Morgan fingerprint density at radius 2 is 1.63 bits per heavy atom. The molecule has 0 bridgehead atoms. The molecule has 1 atom stereocenters. The number of halogens is 1. The van der Waals surface area contributed by atoms with Gasteiger partial charge in [0.25, 0.3) is 0 Å². The van der Waals surface area contributed by atoms with Gasteiger partial charge in [-0.05, 0) is 62.3 Å². The van der Waals surface area contributed by atoms with Crippen molar-refractivity contribution < 1.29 is 19.2 Å². The van der Waals surface area contributed by atoms with Gasteiger partial charge in [0.1, 0.15) is 6.04 Å². The van der Waals surface area contributed by atoms with Gasteiger partial charge in [-0.25, -0.2) is 4.79 Å². The number of aryl methyl sites for hydroxylation is 1. The van der Waals surface area contributed by atoms with Crippen molar-refractivity contribution in [2.75, 3.05) is 10.7 Å².